The van der Waals surface area contributed by atoms with Crippen molar-refractivity contribution in [2.45, 2.75) is 38.2 Å². The Balaban J connectivity index is 1.63. The number of benzene rings is 1. The average Bonchev–Trinajstić information content (AvgIpc) is 2.83. The summed E-state index contributed by atoms with van der Waals surface area (Å²) in [6.07, 6.45) is 0.950. The van der Waals surface area contributed by atoms with Gasteiger partial charge in [-0.1, -0.05) is 30.3 Å². The highest BCUT2D eigenvalue weighted by Crippen LogP contribution is 2.27. The number of aromatic nitrogens is 1. The SMILES string of the molecule is COc1ccnc(C(=O)N[C@H]2COCC[C@@H](OCc3ccccc3)[C@H](C)OC2=O)c1O. The Bertz CT molecular complexity index is 891. The van der Waals surface area contributed by atoms with Crippen LogP contribution in [-0.4, -0.2) is 60.5 Å². The molecule has 0 saturated carbocycles. The van der Waals surface area contributed by atoms with E-state index in [-0.39, 0.29) is 24.2 Å². The van der Waals surface area contributed by atoms with Crippen LogP contribution >= 0.6 is 0 Å². The number of nitrogens with one attached hydrogen (secondary N) is 1. The fourth-order valence-electron chi connectivity index (χ4n) is 3.14. The van der Waals surface area contributed by atoms with E-state index in [1.165, 1.54) is 19.4 Å². The number of hydrogen-bond acceptors (Lipinski definition) is 8. The maximum absolute atomic E-state index is 12.6. The lowest BCUT2D eigenvalue weighted by Gasteiger charge is -2.24. The highest BCUT2D eigenvalue weighted by atomic mass is 16.6. The number of ether oxygens (including phenoxy) is 4. The molecule has 1 aliphatic heterocycles. The fourth-order valence-corrected chi connectivity index (χ4v) is 3.14. The lowest BCUT2D eigenvalue weighted by Crippen LogP contribution is -2.46. The third-order valence-electron chi connectivity index (χ3n) is 4.88. The number of nitrogens with zero attached hydrogens (tertiary/aromatic N) is 1. The molecule has 9 nitrogen and oxygen atoms in total. The van der Waals surface area contributed by atoms with Gasteiger partial charge in [0.05, 0.1) is 26.4 Å². The standard InChI is InChI=1S/C22H26N2O7/c1-14-17(30-12-15-6-4-3-5-7-15)9-11-29-13-16(22(27)31-14)24-21(26)19-20(25)18(28-2)8-10-23-19/h3-8,10,14,16-17,25H,9,11-13H2,1-2H3,(H,24,26)/t14-,16-,17+/m0/s1. The number of rotatable bonds is 6. The second kappa shape index (κ2) is 10.7. The Labute approximate surface area is 180 Å². The Kier molecular flexibility index (Phi) is 7.80. The van der Waals surface area contributed by atoms with Gasteiger partial charge >= 0.3 is 5.97 Å². The van der Waals surface area contributed by atoms with Crippen LogP contribution in [0, 0.1) is 0 Å². The molecule has 9 heteroatoms. The summed E-state index contributed by atoms with van der Waals surface area (Å²) in [6.45, 7) is 2.38. The zero-order valence-corrected chi connectivity index (χ0v) is 17.4. The van der Waals surface area contributed by atoms with E-state index < -0.39 is 29.8 Å². The summed E-state index contributed by atoms with van der Waals surface area (Å²) >= 11 is 0. The second-order valence-electron chi connectivity index (χ2n) is 7.08. The first-order valence-electron chi connectivity index (χ1n) is 9.96. The zero-order chi connectivity index (χ0) is 22.2. The largest absolute Gasteiger partial charge is 0.503 e. The molecule has 1 aromatic carbocycles. The molecule has 1 amide bonds. The van der Waals surface area contributed by atoms with E-state index in [9.17, 15) is 14.7 Å². The summed E-state index contributed by atoms with van der Waals surface area (Å²) in [5, 5.41) is 12.6. The number of amides is 1. The Morgan fingerprint density at radius 3 is 2.81 bits per heavy atom. The molecule has 166 valence electrons. The maximum atomic E-state index is 12.6. The van der Waals surface area contributed by atoms with Crippen LogP contribution in [0.3, 0.4) is 0 Å². The molecule has 0 radical (unpaired) electrons. The monoisotopic (exact) mass is 430 g/mol. The highest BCUT2D eigenvalue weighted by molar-refractivity contribution is 5.98. The van der Waals surface area contributed by atoms with Gasteiger partial charge in [-0.25, -0.2) is 9.78 Å². The van der Waals surface area contributed by atoms with Crippen molar-refractivity contribution in [3.05, 3.63) is 53.9 Å². The molecule has 0 unspecified atom stereocenters. The molecule has 3 rings (SSSR count). The van der Waals surface area contributed by atoms with E-state index in [1.807, 2.05) is 30.3 Å². The van der Waals surface area contributed by atoms with E-state index in [1.54, 1.807) is 6.92 Å². The lowest BCUT2D eigenvalue weighted by molar-refractivity contribution is -0.158. The van der Waals surface area contributed by atoms with E-state index in [0.29, 0.717) is 19.6 Å². The highest BCUT2D eigenvalue weighted by Gasteiger charge is 2.31. The number of carbonyl (C=O) groups excluding carboxylic acids is 2. The molecule has 31 heavy (non-hydrogen) atoms. The molecule has 0 spiro atoms. The van der Waals surface area contributed by atoms with Crippen LogP contribution < -0.4 is 10.1 Å². The maximum Gasteiger partial charge on any atom is 0.331 e. The first-order chi connectivity index (χ1) is 15.0. The fraction of sp³-hybridized carbons (Fsp3) is 0.409. The molecule has 1 fully saturated rings. The van der Waals surface area contributed by atoms with E-state index in [4.69, 9.17) is 18.9 Å². The minimum atomic E-state index is -1.06. The van der Waals surface area contributed by atoms with Crippen LogP contribution in [0.4, 0.5) is 0 Å². The summed E-state index contributed by atoms with van der Waals surface area (Å²) in [6, 6.07) is 10.0. The van der Waals surface area contributed by atoms with Crippen molar-refractivity contribution in [3.63, 3.8) is 0 Å². The van der Waals surface area contributed by atoms with Crippen molar-refractivity contribution in [2.75, 3.05) is 20.3 Å². The first kappa shape index (κ1) is 22.5. The van der Waals surface area contributed by atoms with Gasteiger partial charge in [-0.3, -0.25) is 4.79 Å². The molecule has 1 saturated heterocycles. The third kappa shape index (κ3) is 5.93. The zero-order valence-electron chi connectivity index (χ0n) is 17.4. The van der Waals surface area contributed by atoms with Gasteiger partial charge in [-0.15, -0.1) is 0 Å². The van der Waals surface area contributed by atoms with Crippen LogP contribution in [0.2, 0.25) is 0 Å². The van der Waals surface area contributed by atoms with Gasteiger partial charge in [-0.2, -0.15) is 0 Å². The van der Waals surface area contributed by atoms with Crippen molar-refractivity contribution in [1.82, 2.24) is 10.3 Å². The van der Waals surface area contributed by atoms with Gasteiger partial charge in [0.25, 0.3) is 5.91 Å². The van der Waals surface area contributed by atoms with Gasteiger partial charge in [0.2, 0.25) is 0 Å². The van der Waals surface area contributed by atoms with Crippen molar-refractivity contribution in [3.8, 4) is 11.5 Å². The lowest BCUT2D eigenvalue weighted by atomic mass is 10.1. The first-order valence-corrected chi connectivity index (χ1v) is 9.96. The van der Waals surface area contributed by atoms with Crippen LogP contribution in [0.15, 0.2) is 42.6 Å². The minimum Gasteiger partial charge on any atom is -0.503 e. The molecule has 0 aliphatic carbocycles. The number of cyclic esters (lactones) is 1. The summed E-state index contributed by atoms with van der Waals surface area (Å²) in [5.41, 5.74) is 0.752. The van der Waals surface area contributed by atoms with Gasteiger partial charge in [0, 0.05) is 25.3 Å². The molecular formula is C22H26N2O7. The Morgan fingerprint density at radius 2 is 2.06 bits per heavy atom. The van der Waals surface area contributed by atoms with E-state index in [2.05, 4.69) is 10.3 Å². The number of esters is 1. The number of hydrogen-bond donors (Lipinski definition) is 2. The molecule has 2 heterocycles. The van der Waals surface area contributed by atoms with Crippen LogP contribution in [0.25, 0.3) is 0 Å². The van der Waals surface area contributed by atoms with Gasteiger partial charge in [-0.05, 0) is 12.5 Å². The topological polar surface area (TPSA) is 116 Å². The summed E-state index contributed by atoms with van der Waals surface area (Å²) in [4.78, 5) is 29.1. The predicted molar refractivity (Wildman–Crippen MR) is 110 cm³/mol. The second-order valence-corrected chi connectivity index (χ2v) is 7.08. The number of methoxy groups -OCH3 is 1. The van der Waals surface area contributed by atoms with Crippen LogP contribution in [0.5, 0.6) is 11.5 Å². The van der Waals surface area contributed by atoms with Gasteiger partial charge in [0.1, 0.15) is 6.10 Å². The number of pyridine rings is 1. The molecule has 1 aliphatic rings. The van der Waals surface area contributed by atoms with Crippen molar-refractivity contribution < 1.29 is 33.6 Å². The van der Waals surface area contributed by atoms with Crippen molar-refractivity contribution >= 4 is 11.9 Å². The van der Waals surface area contributed by atoms with Gasteiger partial charge in [0.15, 0.2) is 23.2 Å². The number of aromatic hydroxyl groups is 1. The predicted octanol–water partition coefficient (Wildman–Crippen LogP) is 1.83. The number of carbonyl (C=O) groups is 2. The van der Waals surface area contributed by atoms with E-state index >= 15 is 0 Å². The van der Waals surface area contributed by atoms with Crippen molar-refractivity contribution in [2.24, 2.45) is 0 Å². The summed E-state index contributed by atoms with van der Waals surface area (Å²) in [5.74, 6) is -1.72. The molecule has 2 aromatic rings. The van der Waals surface area contributed by atoms with Crippen LogP contribution in [0.1, 0.15) is 29.4 Å². The molecule has 1 aromatic heterocycles. The van der Waals surface area contributed by atoms with E-state index in [0.717, 1.165) is 5.56 Å². The molecular weight excluding hydrogens is 404 g/mol. The van der Waals surface area contributed by atoms with Gasteiger partial charge < -0.3 is 29.4 Å². The molecule has 0 bridgehead atoms. The third-order valence-corrected chi connectivity index (χ3v) is 4.88. The quantitative estimate of drug-likeness (QED) is 0.667. The molecule has 3 atom stereocenters. The van der Waals surface area contributed by atoms with Crippen molar-refractivity contribution in [1.29, 1.82) is 0 Å². The summed E-state index contributed by atoms with van der Waals surface area (Å²) in [7, 11) is 1.36. The molecule has 2 N–H and O–H groups in total. The summed E-state index contributed by atoms with van der Waals surface area (Å²) < 4.78 is 22.0. The Morgan fingerprint density at radius 1 is 1.29 bits per heavy atom. The van der Waals surface area contributed by atoms with Crippen LogP contribution in [-0.2, 0) is 25.6 Å². The normalized spacial score (nSPS) is 21.9. The smallest absolute Gasteiger partial charge is 0.331 e. The minimum absolute atomic E-state index is 0.0760. The Hall–Kier alpha value is -3.17. The average molecular weight is 430 g/mol.